The molecule has 0 atom stereocenters. The Hall–Kier alpha value is -3.24. The van der Waals surface area contributed by atoms with E-state index in [-0.39, 0.29) is 10.6 Å². The Morgan fingerprint density at radius 1 is 1.19 bits per heavy atom. The number of sulfonamides is 1. The van der Waals surface area contributed by atoms with Crippen LogP contribution in [0, 0.1) is 17.0 Å². The van der Waals surface area contributed by atoms with Crippen molar-refractivity contribution in [1.82, 2.24) is 14.8 Å². The van der Waals surface area contributed by atoms with E-state index in [1.807, 2.05) is 17.0 Å². The van der Waals surface area contributed by atoms with Gasteiger partial charge in [-0.2, -0.15) is 0 Å². The van der Waals surface area contributed by atoms with Crippen molar-refractivity contribution in [2.45, 2.75) is 11.8 Å². The van der Waals surface area contributed by atoms with E-state index in [4.69, 9.17) is 0 Å². The lowest BCUT2D eigenvalue weighted by Crippen LogP contribution is -2.41. The number of carbonyl (C=O) groups excluding carboxylic acids is 1. The summed E-state index contributed by atoms with van der Waals surface area (Å²) in [4.78, 5) is 24.4. The summed E-state index contributed by atoms with van der Waals surface area (Å²) < 4.78 is 26.7. The number of aromatic nitrogens is 1. The molecule has 0 unspecified atom stereocenters. The number of hydrazine groups is 1. The zero-order valence-electron chi connectivity index (χ0n) is 14.5. The highest BCUT2D eigenvalue weighted by Crippen LogP contribution is 2.22. The molecule has 3 rings (SSSR count). The highest BCUT2D eigenvalue weighted by atomic mass is 32.2. The number of nitro groups is 1. The molecule has 0 aliphatic heterocycles. The normalized spacial score (nSPS) is 11.5. The molecule has 140 valence electrons. The first-order valence-corrected chi connectivity index (χ1v) is 9.30. The molecule has 2 aromatic carbocycles. The second-order valence-electron chi connectivity index (χ2n) is 5.94. The molecule has 3 aromatic rings. The minimum atomic E-state index is -4.19. The van der Waals surface area contributed by atoms with Crippen LogP contribution in [0.1, 0.15) is 15.9 Å². The van der Waals surface area contributed by atoms with Crippen molar-refractivity contribution in [2.24, 2.45) is 7.05 Å². The predicted molar refractivity (Wildman–Crippen MR) is 98.5 cm³/mol. The third-order valence-electron chi connectivity index (χ3n) is 4.11. The molecule has 0 fully saturated rings. The molecule has 9 nitrogen and oxygen atoms in total. The SMILES string of the molecule is Cc1ccc([N+](=O)[O-])cc1S(=O)(=O)NNC(=O)c1cn(C)c2ccccc12. The van der Waals surface area contributed by atoms with Crippen molar-refractivity contribution >= 4 is 32.5 Å². The van der Waals surface area contributed by atoms with Crippen molar-refractivity contribution in [3.8, 4) is 0 Å². The average Bonchev–Trinajstić information content (AvgIpc) is 2.97. The fraction of sp³-hybridized carbons (Fsp3) is 0.118. The summed E-state index contributed by atoms with van der Waals surface area (Å²) in [6.07, 6.45) is 1.59. The minimum Gasteiger partial charge on any atom is -0.350 e. The molecule has 27 heavy (non-hydrogen) atoms. The summed E-state index contributed by atoms with van der Waals surface area (Å²) in [7, 11) is -2.42. The van der Waals surface area contributed by atoms with Gasteiger partial charge in [0, 0.05) is 36.3 Å². The number of hydrogen-bond donors (Lipinski definition) is 2. The van der Waals surface area contributed by atoms with Gasteiger partial charge in [-0.3, -0.25) is 20.3 Å². The van der Waals surface area contributed by atoms with Gasteiger partial charge < -0.3 is 4.57 Å². The maximum absolute atomic E-state index is 12.5. The van der Waals surface area contributed by atoms with Crippen molar-refractivity contribution in [3.63, 3.8) is 0 Å². The number of carbonyl (C=O) groups is 1. The van der Waals surface area contributed by atoms with Crippen LogP contribution >= 0.6 is 0 Å². The Labute approximate surface area is 154 Å². The predicted octanol–water partition coefficient (Wildman–Crippen LogP) is 2.02. The Morgan fingerprint density at radius 3 is 2.59 bits per heavy atom. The first kappa shape index (κ1) is 18.5. The number of benzene rings is 2. The summed E-state index contributed by atoms with van der Waals surface area (Å²) in [5, 5.41) is 11.6. The van der Waals surface area contributed by atoms with Gasteiger partial charge in [-0.15, -0.1) is 4.83 Å². The van der Waals surface area contributed by atoms with Gasteiger partial charge in [0.2, 0.25) is 0 Å². The molecule has 1 aromatic heterocycles. The number of nitro benzene ring substituents is 1. The van der Waals surface area contributed by atoms with E-state index in [9.17, 15) is 23.3 Å². The van der Waals surface area contributed by atoms with E-state index < -0.39 is 20.9 Å². The van der Waals surface area contributed by atoms with Crippen molar-refractivity contribution < 1.29 is 18.1 Å². The lowest BCUT2D eigenvalue weighted by molar-refractivity contribution is -0.385. The second kappa shape index (κ2) is 6.82. The summed E-state index contributed by atoms with van der Waals surface area (Å²) >= 11 is 0. The molecule has 0 saturated carbocycles. The van der Waals surface area contributed by atoms with Crippen molar-refractivity contribution in [1.29, 1.82) is 0 Å². The number of non-ortho nitro benzene ring substituents is 1. The summed E-state index contributed by atoms with van der Waals surface area (Å²) in [6, 6.07) is 10.7. The zero-order chi connectivity index (χ0) is 19.8. The summed E-state index contributed by atoms with van der Waals surface area (Å²) in [5.74, 6) is -0.640. The van der Waals surface area contributed by atoms with E-state index in [0.717, 1.165) is 11.6 Å². The van der Waals surface area contributed by atoms with Crippen LogP contribution in [0.25, 0.3) is 10.9 Å². The fourth-order valence-corrected chi connectivity index (χ4v) is 3.86. The fourth-order valence-electron chi connectivity index (χ4n) is 2.75. The molecule has 0 radical (unpaired) electrons. The lowest BCUT2D eigenvalue weighted by atomic mass is 10.2. The summed E-state index contributed by atoms with van der Waals surface area (Å²) in [6.45, 7) is 1.50. The maximum Gasteiger partial charge on any atom is 0.270 e. The van der Waals surface area contributed by atoms with E-state index >= 15 is 0 Å². The van der Waals surface area contributed by atoms with Crippen molar-refractivity contribution in [2.75, 3.05) is 0 Å². The first-order chi connectivity index (χ1) is 12.7. The van der Waals surface area contributed by atoms with Gasteiger partial charge in [-0.1, -0.05) is 24.3 Å². The standard InChI is InChI=1S/C17H16N4O5S/c1-11-7-8-12(21(23)24)9-16(11)27(25,26)19-18-17(22)14-10-20(2)15-6-4-3-5-13(14)15/h3-10,19H,1-2H3,(H,18,22). The Morgan fingerprint density at radius 2 is 1.89 bits per heavy atom. The highest BCUT2D eigenvalue weighted by Gasteiger charge is 2.22. The largest absolute Gasteiger partial charge is 0.350 e. The Bertz CT molecular complexity index is 1170. The number of fused-ring (bicyclic) bond motifs is 1. The van der Waals surface area contributed by atoms with Gasteiger partial charge in [0.25, 0.3) is 21.6 Å². The van der Waals surface area contributed by atoms with Crippen LogP contribution in [0.15, 0.2) is 53.6 Å². The molecule has 0 saturated heterocycles. The number of amides is 1. The smallest absolute Gasteiger partial charge is 0.270 e. The van der Waals surface area contributed by atoms with E-state index in [2.05, 4.69) is 5.43 Å². The molecular formula is C17H16N4O5S. The number of nitrogens with zero attached hydrogens (tertiary/aromatic N) is 2. The van der Waals surface area contributed by atoms with Gasteiger partial charge in [-0.25, -0.2) is 8.42 Å². The third-order valence-corrected chi connectivity index (χ3v) is 5.50. The van der Waals surface area contributed by atoms with Gasteiger partial charge in [0.1, 0.15) is 0 Å². The molecule has 0 spiro atoms. The van der Waals surface area contributed by atoms with Gasteiger partial charge in [-0.05, 0) is 18.6 Å². The number of nitrogens with one attached hydrogen (secondary N) is 2. The number of para-hydroxylation sites is 1. The Balaban J connectivity index is 1.86. The summed E-state index contributed by atoms with van der Waals surface area (Å²) in [5.41, 5.74) is 3.23. The molecular weight excluding hydrogens is 372 g/mol. The second-order valence-corrected chi connectivity index (χ2v) is 7.59. The highest BCUT2D eigenvalue weighted by molar-refractivity contribution is 7.89. The molecule has 2 N–H and O–H groups in total. The van der Waals surface area contributed by atoms with E-state index in [1.54, 1.807) is 29.9 Å². The van der Waals surface area contributed by atoms with Gasteiger partial charge in [0.15, 0.2) is 0 Å². The quantitative estimate of drug-likeness (QED) is 0.511. The lowest BCUT2D eigenvalue weighted by Gasteiger charge is -2.10. The minimum absolute atomic E-state index is 0.282. The molecule has 1 amide bonds. The molecule has 0 aliphatic carbocycles. The van der Waals surface area contributed by atoms with E-state index in [1.165, 1.54) is 19.1 Å². The van der Waals surface area contributed by atoms with Crippen LogP contribution < -0.4 is 10.3 Å². The average molecular weight is 388 g/mol. The molecule has 0 aliphatic rings. The van der Waals surface area contributed by atoms with E-state index in [0.29, 0.717) is 16.5 Å². The number of aryl methyl sites for hydroxylation is 2. The van der Waals surface area contributed by atoms with Gasteiger partial charge in [0.05, 0.1) is 15.4 Å². The van der Waals surface area contributed by atoms with Gasteiger partial charge >= 0.3 is 0 Å². The van der Waals surface area contributed by atoms with Crippen LogP contribution in [0.3, 0.4) is 0 Å². The van der Waals surface area contributed by atoms with Crippen LogP contribution in [-0.4, -0.2) is 23.8 Å². The first-order valence-electron chi connectivity index (χ1n) is 7.82. The van der Waals surface area contributed by atoms with Crippen LogP contribution in [0.4, 0.5) is 5.69 Å². The molecule has 1 heterocycles. The van der Waals surface area contributed by atoms with Crippen LogP contribution in [-0.2, 0) is 17.1 Å². The maximum atomic E-state index is 12.5. The molecule has 10 heteroatoms. The van der Waals surface area contributed by atoms with Crippen LogP contribution in [0.2, 0.25) is 0 Å². The number of rotatable bonds is 5. The topological polar surface area (TPSA) is 123 Å². The van der Waals surface area contributed by atoms with Crippen LogP contribution in [0.5, 0.6) is 0 Å². The molecule has 0 bridgehead atoms. The third kappa shape index (κ3) is 3.52. The monoisotopic (exact) mass is 388 g/mol. The number of hydrogen-bond acceptors (Lipinski definition) is 5. The Kier molecular flexibility index (Phi) is 4.68. The zero-order valence-corrected chi connectivity index (χ0v) is 15.3. The van der Waals surface area contributed by atoms with Crippen molar-refractivity contribution in [3.05, 3.63) is 69.9 Å².